The second-order valence-electron chi connectivity index (χ2n) is 0.250. The van der Waals surface area contributed by atoms with Gasteiger partial charge in [0.15, 0.2) is 0 Å². The maximum atomic E-state index is 8.61. The summed E-state index contributed by atoms with van der Waals surface area (Å²) in [6, 6.07) is 0. The zero-order valence-corrected chi connectivity index (χ0v) is 9.33. The van der Waals surface area contributed by atoms with Gasteiger partial charge >= 0.3 is 80.7 Å². The molecule has 24 valence electrons. The second kappa shape index (κ2) is 6.17. The normalized spacial score (nSPS) is 5.20. The molecule has 0 N–H and O–H groups in total. The summed E-state index contributed by atoms with van der Waals surface area (Å²) in [5.41, 5.74) is 0. The van der Waals surface area contributed by atoms with Crippen LogP contribution >= 0.6 is 0 Å². The van der Waals surface area contributed by atoms with E-state index in [1.54, 1.807) is 0 Å². The van der Waals surface area contributed by atoms with Gasteiger partial charge in [0.2, 0.25) is 0 Å². The Morgan fingerprint density at radius 2 is 1.40 bits per heavy atom. The molecule has 3 nitrogen and oxygen atoms in total. The third-order valence-electron chi connectivity index (χ3n) is 0. The van der Waals surface area contributed by atoms with Gasteiger partial charge in [0.1, 0.15) is 0 Å². The zero-order chi connectivity index (χ0) is 3.58. The molecule has 0 aliphatic heterocycles. The molecule has 0 bridgehead atoms. The van der Waals surface area contributed by atoms with E-state index in [0.717, 1.165) is 0 Å². The van der Waals surface area contributed by atoms with E-state index in [0.29, 0.717) is 0 Å². The molecule has 0 aliphatic rings. The standard InChI is InChI=1S/Ba.3O.Zr/q+2;;2*-1;. The summed E-state index contributed by atoms with van der Waals surface area (Å²) in [6.45, 7) is 0. The SMILES string of the molecule is [Ba+2].[O]=[Zr]([O-])[O-]. The van der Waals surface area contributed by atoms with Gasteiger partial charge in [0.25, 0.3) is 0 Å². The van der Waals surface area contributed by atoms with Crippen LogP contribution in [0.25, 0.3) is 0 Å². The van der Waals surface area contributed by atoms with Crippen LogP contribution in [0.15, 0.2) is 0 Å². The average molecular weight is 277 g/mol. The van der Waals surface area contributed by atoms with Crippen molar-refractivity contribution in [3.05, 3.63) is 0 Å². The van der Waals surface area contributed by atoms with Crippen LogP contribution in [-0.2, 0) is 25.4 Å². The van der Waals surface area contributed by atoms with Crippen molar-refractivity contribution in [3.63, 3.8) is 0 Å². The van der Waals surface area contributed by atoms with Crippen molar-refractivity contribution >= 4 is 48.9 Å². The van der Waals surface area contributed by atoms with Gasteiger partial charge in [-0.15, -0.1) is 0 Å². The van der Waals surface area contributed by atoms with E-state index >= 15 is 0 Å². The predicted octanol–water partition coefficient (Wildman–Crippen LogP) is -2.88. The third kappa shape index (κ3) is 22.8. The van der Waals surface area contributed by atoms with Gasteiger partial charge in [-0.2, -0.15) is 0 Å². The van der Waals surface area contributed by atoms with Crippen LogP contribution in [-0.4, -0.2) is 48.9 Å². The molecule has 0 atom stereocenters. The summed E-state index contributed by atoms with van der Waals surface area (Å²) < 4.78 is 25.8. The third-order valence-corrected chi connectivity index (χ3v) is 0. The monoisotopic (exact) mass is 276 g/mol. The maximum absolute atomic E-state index is 8.61. The Bertz CT molecular complexity index is 29.9. The number of hydrogen-bond acceptors (Lipinski definition) is 3. The molecule has 5 heteroatoms. The molecule has 0 aromatic heterocycles. The van der Waals surface area contributed by atoms with Crippen molar-refractivity contribution < 1.29 is 31.8 Å². The van der Waals surface area contributed by atoms with E-state index in [2.05, 4.69) is 0 Å². The van der Waals surface area contributed by atoms with E-state index < -0.39 is 22.6 Å². The summed E-state index contributed by atoms with van der Waals surface area (Å²) in [7, 11) is 0. The fourth-order valence-electron chi connectivity index (χ4n) is 0. The van der Waals surface area contributed by atoms with Crippen LogP contribution < -0.4 is 6.37 Å². The van der Waals surface area contributed by atoms with Crippen LogP contribution in [0.1, 0.15) is 0 Å². The molecule has 5 heavy (non-hydrogen) atoms. The van der Waals surface area contributed by atoms with Gasteiger partial charge in [0, 0.05) is 0 Å². The van der Waals surface area contributed by atoms with Crippen molar-refractivity contribution in [2.24, 2.45) is 0 Å². The molecule has 0 saturated carbocycles. The second-order valence-corrected chi connectivity index (χ2v) is 1.48. The Hall–Kier alpha value is 2.17. The van der Waals surface area contributed by atoms with E-state index in [1.165, 1.54) is 0 Å². The molecule has 0 rings (SSSR count). The minimum absolute atomic E-state index is 0. The molecule has 0 aliphatic carbocycles. The molecule has 0 aromatic rings. The fourth-order valence-corrected chi connectivity index (χ4v) is 0. The van der Waals surface area contributed by atoms with E-state index in [-0.39, 0.29) is 48.9 Å². The number of rotatable bonds is 0. The van der Waals surface area contributed by atoms with Crippen LogP contribution in [0.2, 0.25) is 0 Å². The van der Waals surface area contributed by atoms with Crippen LogP contribution in [0, 0.1) is 0 Å². The first-order valence-corrected chi connectivity index (χ1v) is 3.62. The number of hydrogen-bond donors (Lipinski definition) is 0. The first kappa shape index (κ1) is 10.2. The quantitative estimate of drug-likeness (QED) is 0.447. The van der Waals surface area contributed by atoms with Crippen molar-refractivity contribution in [2.45, 2.75) is 0 Å². The summed E-state index contributed by atoms with van der Waals surface area (Å²) in [6.07, 6.45) is 0. The Morgan fingerprint density at radius 3 is 1.40 bits per heavy atom. The van der Waals surface area contributed by atoms with E-state index in [4.69, 9.17) is 9.18 Å². The molecule has 0 amide bonds. The van der Waals surface area contributed by atoms with Gasteiger partial charge in [-0.1, -0.05) is 0 Å². The Balaban J connectivity index is 0. The van der Waals surface area contributed by atoms with Gasteiger partial charge < -0.3 is 0 Å². The van der Waals surface area contributed by atoms with Gasteiger partial charge in [-0.3, -0.25) is 0 Å². The topological polar surface area (TPSA) is 63.2 Å². The first-order valence-electron chi connectivity index (χ1n) is 0.612. The first-order chi connectivity index (χ1) is 1.73. The molecule has 0 fully saturated rings. The molecule has 0 radical (unpaired) electrons. The molecular formula is BaO3Zr. The predicted molar refractivity (Wildman–Crippen MR) is 6.44 cm³/mol. The van der Waals surface area contributed by atoms with Crippen LogP contribution in [0.4, 0.5) is 0 Å². The van der Waals surface area contributed by atoms with E-state index in [9.17, 15) is 0 Å². The molecular weight excluding hydrogens is 277 g/mol. The van der Waals surface area contributed by atoms with Crippen molar-refractivity contribution in [1.29, 1.82) is 0 Å². The molecule has 0 saturated heterocycles. The summed E-state index contributed by atoms with van der Waals surface area (Å²) in [5.74, 6) is 0. The van der Waals surface area contributed by atoms with Crippen molar-refractivity contribution in [2.75, 3.05) is 0 Å². The summed E-state index contributed by atoms with van der Waals surface area (Å²) in [4.78, 5) is 0. The zero-order valence-electron chi connectivity index (χ0n) is 2.43. The van der Waals surface area contributed by atoms with Gasteiger partial charge in [-0.25, -0.2) is 0 Å². The molecule has 0 aromatic carbocycles. The van der Waals surface area contributed by atoms with Crippen LogP contribution in [0.5, 0.6) is 0 Å². The van der Waals surface area contributed by atoms with E-state index in [1.807, 2.05) is 0 Å². The summed E-state index contributed by atoms with van der Waals surface area (Å²) in [5, 5.41) is 0. The Morgan fingerprint density at radius 1 is 1.40 bits per heavy atom. The average Bonchev–Trinajstić information content (AvgIpc) is 0.811. The van der Waals surface area contributed by atoms with Crippen molar-refractivity contribution in [3.8, 4) is 0 Å². The Kier molecular flexibility index (Phi) is 12.6. The van der Waals surface area contributed by atoms with Gasteiger partial charge in [0.05, 0.1) is 0 Å². The molecule has 0 spiro atoms. The Labute approximate surface area is 78.8 Å². The van der Waals surface area contributed by atoms with Gasteiger partial charge in [-0.05, 0) is 0 Å². The fraction of sp³-hybridized carbons (Fsp3) is 0. The summed E-state index contributed by atoms with van der Waals surface area (Å²) >= 11 is -4.29. The molecule has 0 unspecified atom stereocenters. The minimum atomic E-state index is -4.29. The van der Waals surface area contributed by atoms with Crippen molar-refractivity contribution in [1.82, 2.24) is 0 Å². The molecule has 0 heterocycles. The van der Waals surface area contributed by atoms with Crippen LogP contribution in [0.3, 0.4) is 0 Å².